The van der Waals surface area contributed by atoms with Gasteiger partial charge in [-0.15, -0.1) is 6.58 Å². The second-order valence-electron chi connectivity index (χ2n) is 5.26. The van der Waals surface area contributed by atoms with Gasteiger partial charge in [-0.1, -0.05) is 38.1 Å². The molecule has 2 rings (SSSR count). The van der Waals surface area contributed by atoms with Gasteiger partial charge >= 0.3 is 0 Å². The highest BCUT2D eigenvalue weighted by molar-refractivity contribution is 6.25. The fourth-order valence-electron chi connectivity index (χ4n) is 2.80. The average Bonchev–Trinajstić information content (AvgIpc) is 2.82. The summed E-state index contributed by atoms with van der Waals surface area (Å²) in [6.07, 6.45) is 4.48. The van der Waals surface area contributed by atoms with Gasteiger partial charge in [-0.05, 0) is 29.5 Å². The molecule has 2 heteroatoms. The quantitative estimate of drug-likeness (QED) is 0.829. The zero-order valence-electron chi connectivity index (χ0n) is 12.6. The fraction of sp³-hybridized carbons (Fsp3) is 0.389. The maximum Gasteiger partial charge on any atom is 0.172 e. The van der Waals surface area contributed by atoms with Gasteiger partial charge in [-0.25, -0.2) is 0 Å². The van der Waals surface area contributed by atoms with Crippen molar-refractivity contribution in [3.63, 3.8) is 0 Å². The Bertz CT molecular complexity index is 547. The standard InChI is InChI=1S/C18H23NO/c1-5-12-8-13(6-2)10-15(9-12)17-16(19-4)11-14(7-3)18(17)20/h7-10,14,19H,3,5-6,11H2,1-2,4H3. The first-order valence-electron chi connectivity index (χ1n) is 7.35. The second-order valence-corrected chi connectivity index (χ2v) is 5.26. The van der Waals surface area contributed by atoms with E-state index in [1.54, 1.807) is 6.08 Å². The summed E-state index contributed by atoms with van der Waals surface area (Å²) < 4.78 is 0. The predicted octanol–water partition coefficient (Wildman–Crippen LogP) is 3.52. The van der Waals surface area contributed by atoms with Crippen molar-refractivity contribution in [2.24, 2.45) is 5.92 Å². The molecule has 0 heterocycles. The molecule has 2 nitrogen and oxygen atoms in total. The Kier molecular flexibility index (Phi) is 4.43. The minimum Gasteiger partial charge on any atom is -0.391 e. The van der Waals surface area contributed by atoms with E-state index in [2.05, 4.69) is 43.9 Å². The van der Waals surface area contributed by atoms with Crippen molar-refractivity contribution in [2.45, 2.75) is 33.1 Å². The number of benzene rings is 1. The van der Waals surface area contributed by atoms with Crippen LogP contribution in [0.5, 0.6) is 0 Å². The zero-order chi connectivity index (χ0) is 14.7. The van der Waals surface area contributed by atoms with Crippen LogP contribution in [0.2, 0.25) is 0 Å². The van der Waals surface area contributed by atoms with E-state index < -0.39 is 0 Å². The van der Waals surface area contributed by atoms with Crippen LogP contribution in [0.4, 0.5) is 0 Å². The molecular formula is C18H23NO. The monoisotopic (exact) mass is 269 g/mol. The molecule has 0 bridgehead atoms. The normalized spacial score (nSPS) is 18.6. The van der Waals surface area contributed by atoms with Crippen LogP contribution in [0.3, 0.4) is 0 Å². The lowest BCUT2D eigenvalue weighted by Gasteiger charge is -2.10. The van der Waals surface area contributed by atoms with Gasteiger partial charge < -0.3 is 5.32 Å². The molecule has 106 valence electrons. The Balaban J connectivity index is 2.53. The first kappa shape index (κ1) is 14.6. The first-order chi connectivity index (χ1) is 9.64. The first-order valence-corrected chi connectivity index (χ1v) is 7.35. The van der Waals surface area contributed by atoms with Gasteiger partial charge in [0, 0.05) is 30.7 Å². The highest BCUT2D eigenvalue weighted by Gasteiger charge is 2.31. The van der Waals surface area contributed by atoms with Gasteiger partial charge in [-0.3, -0.25) is 4.79 Å². The Morgan fingerprint density at radius 2 is 1.85 bits per heavy atom. The molecule has 1 aromatic rings. The van der Waals surface area contributed by atoms with E-state index >= 15 is 0 Å². The van der Waals surface area contributed by atoms with E-state index in [0.717, 1.165) is 36.1 Å². The molecular weight excluding hydrogens is 246 g/mol. The predicted molar refractivity (Wildman–Crippen MR) is 84.5 cm³/mol. The minimum atomic E-state index is -0.0807. The number of ketones is 1. The van der Waals surface area contributed by atoms with Crippen LogP contribution in [-0.4, -0.2) is 12.8 Å². The van der Waals surface area contributed by atoms with Crippen LogP contribution >= 0.6 is 0 Å². The van der Waals surface area contributed by atoms with Gasteiger partial charge in [0.05, 0.1) is 0 Å². The molecule has 1 aliphatic carbocycles. The Hall–Kier alpha value is -1.83. The summed E-state index contributed by atoms with van der Waals surface area (Å²) in [7, 11) is 1.89. The second kappa shape index (κ2) is 6.08. The molecule has 1 aliphatic rings. The summed E-state index contributed by atoms with van der Waals surface area (Å²) >= 11 is 0. The lowest BCUT2D eigenvalue weighted by atomic mass is 9.94. The highest BCUT2D eigenvalue weighted by Crippen LogP contribution is 2.34. The van der Waals surface area contributed by atoms with Crippen molar-refractivity contribution in [3.8, 4) is 0 Å². The maximum absolute atomic E-state index is 12.5. The highest BCUT2D eigenvalue weighted by atomic mass is 16.1. The summed E-state index contributed by atoms with van der Waals surface area (Å²) in [5, 5.41) is 3.19. The molecule has 0 spiro atoms. The Morgan fingerprint density at radius 1 is 1.25 bits per heavy atom. The molecule has 1 aromatic carbocycles. The molecule has 1 N–H and O–H groups in total. The number of aryl methyl sites for hydroxylation is 2. The number of carbonyl (C=O) groups excluding carboxylic acids is 1. The van der Waals surface area contributed by atoms with Crippen LogP contribution in [0.1, 0.15) is 37.0 Å². The lowest BCUT2D eigenvalue weighted by molar-refractivity contribution is -0.115. The van der Waals surface area contributed by atoms with Crippen LogP contribution in [0, 0.1) is 5.92 Å². The fourth-order valence-corrected chi connectivity index (χ4v) is 2.80. The molecule has 1 unspecified atom stereocenters. The molecule has 1 atom stereocenters. The average molecular weight is 269 g/mol. The van der Waals surface area contributed by atoms with E-state index in [9.17, 15) is 4.79 Å². The summed E-state index contributed by atoms with van der Waals surface area (Å²) in [6.45, 7) is 8.08. The van der Waals surface area contributed by atoms with Gasteiger partial charge in [0.25, 0.3) is 0 Å². The topological polar surface area (TPSA) is 29.1 Å². The molecule has 0 aromatic heterocycles. The summed E-state index contributed by atoms with van der Waals surface area (Å²) in [5.74, 6) is 0.113. The van der Waals surface area contributed by atoms with Gasteiger partial charge in [0.1, 0.15) is 0 Å². The summed E-state index contributed by atoms with van der Waals surface area (Å²) in [5.41, 5.74) is 5.52. The van der Waals surface area contributed by atoms with Crippen molar-refractivity contribution in [2.75, 3.05) is 7.05 Å². The third kappa shape index (κ3) is 2.55. The third-order valence-electron chi connectivity index (χ3n) is 4.05. The van der Waals surface area contributed by atoms with Crippen LogP contribution < -0.4 is 5.32 Å². The van der Waals surface area contributed by atoms with Crippen LogP contribution in [0.15, 0.2) is 36.6 Å². The van der Waals surface area contributed by atoms with Crippen molar-refractivity contribution in [1.29, 1.82) is 0 Å². The molecule has 0 radical (unpaired) electrons. The van der Waals surface area contributed by atoms with E-state index in [-0.39, 0.29) is 11.7 Å². The molecule has 0 fully saturated rings. The molecule has 20 heavy (non-hydrogen) atoms. The molecule has 0 saturated carbocycles. The number of carbonyl (C=O) groups is 1. The van der Waals surface area contributed by atoms with Gasteiger partial charge in [0.15, 0.2) is 5.78 Å². The summed E-state index contributed by atoms with van der Waals surface area (Å²) in [6, 6.07) is 6.53. The SMILES string of the molecule is C=CC1CC(NC)=C(c2cc(CC)cc(CC)c2)C1=O. The van der Waals surface area contributed by atoms with Crippen molar-refractivity contribution in [3.05, 3.63) is 53.2 Å². The smallest absolute Gasteiger partial charge is 0.172 e. The maximum atomic E-state index is 12.5. The van der Waals surface area contributed by atoms with Gasteiger partial charge in [-0.2, -0.15) is 0 Å². The molecule has 0 amide bonds. The third-order valence-corrected chi connectivity index (χ3v) is 4.05. The number of nitrogens with one attached hydrogen (secondary N) is 1. The number of Topliss-reactive ketones (excluding diaryl/α,β-unsaturated/α-hetero) is 1. The van der Waals surface area contributed by atoms with Gasteiger partial charge in [0.2, 0.25) is 0 Å². The Labute approximate surface area is 121 Å². The Morgan fingerprint density at radius 3 is 2.30 bits per heavy atom. The van der Waals surface area contributed by atoms with Crippen molar-refractivity contribution in [1.82, 2.24) is 5.32 Å². The molecule has 0 saturated heterocycles. The zero-order valence-corrected chi connectivity index (χ0v) is 12.6. The number of rotatable bonds is 5. The number of hydrogen-bond acceptors (Lipinski definition) is 2. The van der Waals surface area contributed by atoms with E-state index in [0.29, 0.717) is 0 Å². The van der Waals surface area contributed by atoms with Crippen LogP contribution in [-0.2, 0) is 17.6 Å². The van der Waals surface area contributed by atoms with Crippen LogP contribution in [0.25, 0.3) is 5.57 Å². The van der Waals surface area contributed by atoms with E-state index in [1.807, 2.05) is 7.05 Å². The van der Waals surface area contributed by atoms with E-state index in [4.69, 9.17) is 0 Å². The minimum absolute atomic E-state index is 0.0807. The van der Waals surface area contributed by atoms with E-state index in [1.165, 1.54) is 11.1 Å². The lowest BCUT2D eigenvalue weighted by Crippen LogP contribution is -2.07. The molecule has 0 aliphatic heterocycles. The van der Waals surface area contributed by atoms with Crippen molar-refractivity contribution >= 4 is 11.4 Å². The van der Waals surface area contributed by atoms with Crippen molar-refractivity contribution < 1.29 is 4.79 Å². The number of hydrogen-bond donors (Lipinski definition) is 1. The number of allylic oxidation sites excluding steroid dienone is 3. The summed E-state index contributed by atoms with van der Waals surface area (Å²) in [4.78, 5) is 12.5. The largest absolute Gasteiger partial charge is 0.391 e.